The number of carbonyl (C=O) groups excluding carboxylic acids is 1. The molecule has 4 heteroatoms. The largest absolute Gasteiger partial charge is 0.356 e. The molecule has 17 heavy (non-hydrogen) atoms. The molecule has 2 bridgehead atoms. The number of carbonyl (C=O) groups is 1. The Morgan fingerprint density at radius 1 is 1.53 bits per heavy atom. The van der Waals surface area contributed by atoms with E-state index in [0.29, 0.717) is 13.0 Å². The van der Waals surface area contributed by atoms with Crippen LogP contribution in [-0.2, 0) is 9.57 Å². The molecule has 0 amide bonds. The van der Waals surface area contributed by atoms with E-state index in [4.69, 9.17) is 9.57 Å². The number of nitrogens with zero attached hydrogens (tertiary/aromatic N) is 1. The highest BCUT2D eigenvalue weighted by Crippen LogP contribution is 2.38. The number of hydrogen-bond donors (Lipinski definition) is 0. The van der Waals surface area contributed by atoms with Crippen molar-refractivity contribution in [1.82, 2.24) is 0 Å². The zero-order chi connectivity index (χ0) is 12.0. The fourth-order valence-electron chi connectivity index (χ4n) is 2.43. The van der Waals surface area contributed by atoms with E-state index in [1.54, 1.807) is 5.06 Å². The van der Waals surface area contributed by atoms with Gasteiger partial charge in [0.05, 0.1) is 5.69 Å². The maximum atomic E-state index is 12.1. The molecule has 0 spiro atoms. The fourth-order valence-corrected chi connectivity index (χ4v) is 2.43. The third kappa shape index (κ3) is 1.56. The summed E-state index contributed by atoms with van der Waals surface area (Å²) in [5.41, 5.74) is 2.69. The normalized spacial score (nSPS) is 26.2. The second-order valence-corrected chi connectivity index (χ2v) is 4.45. The molecule has 90 valence electrons. The van der Waals surface area contributed by atoms with Crippen LogP contribution in [0.2, 0.25) is 0 Å². The van der Waals surface area contributed by atoms with Crippen LogP contribution in [0.5, 0.6) is 0 Å². The maximum absolute atomic E-state index is 12.1. The number of ketones is 1. The number of hydroxylamine groups is 1. The van der Waals surface area contributed by atoms with Crippen LogP contribution in [0.1, 0.15) is 29.3 Å². The zero-order valence-corrected chi connectivity index (χ0v) is 9.97. The van der Waals surface area contributed by atoms with E-state index < -0.39 is 0 Å². The van der Waals surface area contributed by atoms with Crippen LogP contribution in [0.25, 0.3) is 0 Å². The minimum atomic E-state index is -0.373. The standard InChI is InChI=1S/C13H15NO3/c1-3-16-12-7-11-13(15)9-5-4-8(2)6-10(9)14(12)17-11/h4-6,11-12H,3,7H2,1-2H3/t11-,12+/m1/s1. The van der Waals surface area contributed by atoms with Crippen molar-refractivity contribution in [2.24, 2.45) is 0 Å². The molecule has 1 aromatic rings. The molecule has 2 heterocycles. The Morgan fingerprint density at radius 3 is 3.12 bits per heavy atom. The van der Waals surface area contributed by atoms with Gasteiger partial charge in [0, 0.05) is 18.6 Å². The molecule has 4 nitrogen and oxygen atoms in total. The van der Waals surface area contributed by atoms with Gasteiger partial charge in [-0.05, 0) is 31.5 Å². The molecule has 3 rings (SSSR count). The summed E-state index contributed by atoms with van der Waals surface area (Å²) in [5, 5.41) is 1.75. The molecule has 0 radical (unpaired) electrons. The summed E-state index contributed by atoms with van der Waals surface area (Å²) in [6, 6.07) is 5.81. The van der Waals surface area contributed by atoms with Crippen LogP contribution in [0.4, 0.5) is 5.69 Å². The molecule has 0 N–H and O–H groups in total. The van der Waals surface area contributed by atoms with Gasteiger partial charge in [-0.2, -0.15) is 0 Å². The predicted octanol–water partition coefficient (Wildman–Crippen LogP) is 2.06. The zero-order valence-electron chi connectivity index (χ0n) is 9.97. The lowest BCUT2D eigenvalue weighted by atomic mass is 10.0. The summed E-state index contributed by atoms with van der Waals surface area (Å²) in [6.45, 7) is 4.57. The lowest BCUT2D eigenvalue weighted by Gasteiger charge is -2.28. The number of fused-ring (bicyclic) bond motifs is 4. The molecule has 0 aromatic heterocycles. The number of Topliss-reactive ketones (excluding diaryl/α,β-unsaturated/α-hetero) is 1. The monoisotopic (exact) mass is 233 g/mol. The Balaban J connectivity index is 2.06. The summed E-state index contributed by atoms with van der Waals surface area (Å²) in [6.07, 6.45) is 0.0965. The van der Waals surface area contributed by atoms with Crippen molar-refractivity contribution < 1.29 is 14.4 Å². The Kier molecular flexibility index (Phi) is 2.42. The van der Waals surface area contributed by atoms with Crippen LogP contribution < -0.4 is 5.06 Å². The van der Waals surface area contributed by atoms with Crippen LogP contribution in [0.15, 0.2) is 18.2 Å². The van der Waals surface area contributed by atoms with E-state index >= 15 is 0 Å². The molecule has 2 aliphatic rings. The van der Waals surface area contributed by atoms with Crippen molar-refractivity contribution in [2.75, 3.05) is 11.7 Å². The third-order valence-electron chi connectivity index (χ3n) is 3.23. The average molecular weight is 233 g/mol. The molecule has 2 atom stereocenters. The fraction of sp³-hybridized carbons (Fsp3) is 0.462. The smallest absolute Gasteiger partial charge is 0.196 e. The van der Waals surface area contributed by atoms with Gasteiger partial charge in [0.15, 0.2) is 18.1 Å². The lowest BCUT2D eigenvalue weighted by Crippen LogP contribution is -2.35. The first-order valence-corrected chi connectivity index (χ1v) is 5.93. The molecular weight excluding hydrogens is 218 g/mol. The van der Waals surface area contributed by atoms with Crippen LogP contribution in [0.3, 0.4) is 0 Å². The van der Waals surface area contributed by atoms with E-state index in [9.17, 15) is 4.79 Å². The summed E-state index contributed by atoms with van der Waals surface area (Å²) in [7, 11) is 0. The van der Waals surface area contributed by atoms with Gasteiger partial charge in [-0.3, -0.25) is 9.63 Å². The lowest BCUT2D eigenvalue weighted by molar-refractivity contribution is 0.0167. The quantitative estimate of drug-likeness (QED) is 0.783. The Hall–Kier alpha value is -1.39. The Morgan fingerprint density at radius 2 is 2.35 bits per heavy atom. The van der Waals surface area contributed by atoms with Crippen molar-refractivity contribution >= 4 is 11.5 Å². The SMILES string of the molecule is CCO[C@H]1C[C@H]2ON1c1cc(C)ccc1C2=O. The van der Waals surface area contributed by atoms with E-state index in [1.807, 2.05) is 32.0 Å². The third-order valence-corrected chi connectivity index (χ3v) is 3.23. The molecule has 0 unspecified atom stereocenters. The summed E-state index contributed by atoms with van der Waals surface area (Å²) in [4.78, 5) is 17.7. The van der Waals surface area contributed by atoms with Gasteiger partial charge < -0.3 is 4.74 Å². The van der Waals surface area contributed by atoms with Gasteiger partial charge >= 0.3 is 0 Å². The predicted molar refractivity (Wildman–Crippen MR) is 62.9 cm³/mol. The first-order chi connectivity index (χ1) is 8.20. The first-order valence-electron chi connectivity index (χ1n) is 5.93. The summed E-state index contributed by atoms with van der Waals surface area (Å²) in [5.74, 6) is 0.0680. The van der Waals surface area contributed by atoms with Crippen LogP contribution in [-0.4, -0.2) is 24.7 Å². The number of benzene rings is 1. The molecule has 2 aliphatic heterocycles. The first kappa shape index (κ1) is 10.7. The number of anilines is 1. The number of aryl methyl sites for hydroxylation is 1. The highest BCUT2D eigenvalue weighted by atomic mass is 16.7. The van der Waals surface area contributed by atoms with Gasteiger partial charge in [0.2, 0.25) is 0 Å². The van der Waals surface area contributed by atoms with Crippen LogP contribution >= 0.6 is 0 Å². The van der Waals surface area contributed by atoms with Crippen LogP contribution in [0, 0.1) is 6.92 Å². The molecule has 1 aromatic carbocycles. The number of ether oxygens (including phenoxy) is 1. The molecular formula is C13H15NO3. The van der Waals surface area contributed by atoms with Gasteiger partial charge in [-0.1, -0.05) is 6.07 Å². The molecule has 1 saturated heterocycles. The topological polar surface area (TPSA) is 38.8 Å². The molecule has 1 fully saturated rings. The van der Waals surface area contributed by atoms with Gasteiger partial charge in [-0.25, -0.2) is 5.06 Å². The summed E-state index contributed by atoms with van der Waals surface area (Å²) >= 11 is 0. The van der Waals surface area contributed by atoms with Crippen molar-refractivity contribution in [3.8, 4) is 0 Å². The minimum absolute atomic E-state index is 0.0680. The van der Waals surface area contributed by atoms with Crippen molar-refractivity contribution in [2.45, 2.75) is 32.6 Å². The highest BCUT2D eigenvalue weighted by Gasteiger charge is 2.44. The molecule has 0 saturated carbocycles. The van der Waals surface area contributed by atoms with Gasteiger partial charge in [0.25, 0.3) is 0 Å². The minimum Gasteiger partial charge on any atom is -0.356 e. The van der Waals surface area contributed by atoms with Gasteiger partial charge in [0.1, 0.15) is 0 Å². The second-order valence-electron chi connectivity index (χ2n) is 4.45. The van der Waals surface area contributed by atoms with Crippen molar-refractivity contribution in [3.05, 3.63) is 29.3 Å². The number of hydrogen-bond acceptors (Lipinski definition) is 4. The van der Waals surface area contributed by atoms with E-state index in [-0.39, 0.29) is 18.1 Å². The maximum Gasteiger partial charge on any atom is 0.196 e. The second kappa shape index (κ2) is 3.82. The van der Waals surface area contributed by atoms with E-state index in [1.165, 1.54) is 0 Å². The Bertz CT molecular complexity index is 472. The van der Waals surface area contributed by atoms with Crippen molar-refractivity contribution in [3.63, 3.8) is 0 Å². The Labute approximate surface area is 100 Å². The summed E-state index contributed by atoms with van der Waals surface area (Å²) < 4.78 is 5.61. The van der Waals surface area contributed by atoms with E-state index in [2.05, 4.69) is 0 Å². The number of rotatable bonds is 2. The van der Waals surface area contributed by atoms with E-state index in [0.717, 1.165) is 16.8 Å². The highest BCUT2D eigenvalue weighted by molar-refractivity contribution is 6.06. The molecule has 0 aliphatic carbocycles. The van der Waals surface area contributed by atoms with Crippen molar-refractivity contribution in [1.29, 1.82) is 0 Å². The van der Waals surface area contributed by atoms with Gasteiger partial charge in [-0.15, -0.1) is 0 Å². The average Bonchev–Trinajstić information content (AvgIpc) is 2.68.